The van der Waals surface area contributed by atoms with Crippen molar-refractivity contribution in [3.63, 3.8) is 0 Å². The SMILES string of the molecule is CNC1CCN(C(=O)C2(CN)CCCC2)C1.Cl. The Morgan fingerprint density at radius 1 is 1.47 bits per heavy atom. The van der Waals surface area contributed by atoms with E-state index in [4.69, 9.17) is 5.73 Å². The van der Waals surface area contributed by atoms with Gasteiger partial charge in [-0.25, -0.2) is 0 Å². The summed E-state index contributed by atoms with van der Waals surface area (Å²) in [7, 11) is 1.97. The number of likely N-dealkylation sites (N-methyl/N-ethyl adjacent to an activating group) is 1. The van der Waals surface area contributed by atoms with Crippen LogP contribution in [0.15, 0.2) is 0 Å². The molecule has 0 aromatic heterocycles. The Kier molecular flexibility index (Phi) is 5.22. The van der Waals surface area contributed by atoms with Gasteiger partial charge in [-0.15, -0.1) is 12.4 Å². The number of likely N-dealkylation sites (tertiary alicyclic amines) is 1. The van der Waals surface area contributed by atoms with Gasteiger partial charge in [0.1, 0.15) is 0 Å². The maximum Gasteiger partial charge on any atom is 0.230 e. The summed E-state index contributed by atoms with van der Waals surface area (Å²) in [5.74, 6) is 0.310. The molecule has 0 radical (unpaired) electrons. The second-order valence-electron chi connectivity index (χ2n) is 5.22. The molecule has 5 heteroatoms. The Morgan fingerprint density at radius 2 is 2.12 bits per heavy atom. The lowest BCUT2D eigenvalue weighted by Crippen LogP contribution is -2.46. The van der Waals surface area contributed by atoms with Crippen LogP contribution in [0.25, 0.3) is 0 Å². The summed E-state index contributed by atoms with van der Waals surface area (Å²) >= 11 is 0. The topological polar surface area (TPSA) is 58.4 Å². The molecule has 1 aliphatic heterocycles. The van der Waals surface area contributed by atoms with Gasteiger partial charge in [0.25, 0.3) is 0 Å². The molecule has 1 saturated heterocycles. The van der Waals surface area contributed by atoms with Crippen molar-refractivity contribution < 1.29 is 4.79 Å². The fourth-order valence-corrected chi connectivity index (χ4v) is 3.07. The molecule has 0 spiro atoms. The van der Waals surface area contributed by atoms with E-state index in [1.54, 1.807) is 0 Å². The molecule has 1 atom stereocenters. The molecular formula is C12H24ClN3O. The Morgan fingerprint density at radius 3 is 2.59 bits per heavy atom. The van der Waals surface area contributed by atoms with Gasteiger partial charge < -0.3 is 16.0 Å². The van der Waals surface area contributed by atoms with Crippen LogP contribution in [0.3, 0.4) is 0 Å². The van der Waals surface area contributed by atoms with E-state index >= 15 is 0 Å². The molecule has 1 amide bonds. The van der Waals surface area contributed by atoms with Crippen LogP contribution >= 0.6 is 12.4 Å². The number of carbonyl (C=O) groups excluding carboxylic acids is 1. The molecule has 2 fully saturated rings. The molecule has 1 unspecified atom stereocenters. The average Bonchev–Trinajstić information content (AvgIpc) is 2.98. The highest BCUT2D eigenvalue weighted by atomic mass is 35.5. The molecule has 3 N–H and O–H groups in total. The Bertz CT molecular complexity index is 266. The first-order valence-electron chi connectivity index (χ1n) is 6.38. The van der Waals surface area contributed by atoms with E-state index in [9.17, 15) is 4.79 Å². The summed E-state index contributed by atoms with van der Waals surface area (Å²) in [5.41, 5.74) is 5.62. The first kappa shape index (κ1) is 14.7. The average molecular weight is 262 g/mol. The van der Waals surface area contributed by atoms with Gasteiger partial charge >= 0.3 is 0 Å². The van der Waals surface area contributed by atoms with Gasteiger partial charge in [0.15, 0.2) is 0 Å². The number of nitrogens with one attached hydrogen (secondary N) is 1. The summed E-state index contributed by atoms with van der Waals surface area (Å²) in [6, 6.07) is 0.472. The third-order valence-electron chi connectivity index (χ3n) is 4.29. The molecule has 2 aliphatic rings. The number of nitrogens with two attached hydrogens (primary N) is 1. The number of carbonyl (C=O) groups is 1. The quantitative estimate of drug-likeness (QED) is 0.788. The molecule has 0 bridgehead atoms. The van der Waals surface area contributed by atoms with Crippen LogP contribution in [0, 0.1) is 5.41 Å². The minimum Gasteiger partial charge on any atom is -0.341 e. The minimum atomic E-state index is -0.220. The monoisotopic (exact) mass is 261 g/mol. The van der Waals surface area contributed by atoms with Crippen LogP contribution in [0.2, 0.25) is 0 Å². The molecule has 100 valence electrons. The third kappa shape index (κ3) is 2.75. The Labute approximate surface area is 110 Å². The van der Waals surface area contributed by atoms with Gasteiger partial charge in [0, 0.05) is 25.7 Å². The zero-order valence-electron chi connectivity index (χ0n) is 10.6. The van der Waals surface area contributed by atoms with E-state index in [0.29, 0.717) is 18.5 Å². The van der Waals surface area contributed by atoms with E-state index in [1.165, 1.54) is 0 Å². The molecule has 1 heterocycles. The van der Waals surface area contributed by atoms with Crippen molar-refractivity contribution in [2.45, 2.75) is 38.1 Å². The van der Waals surface area contributed by atoms with Gasteiger partial charge in [0.2, 0.25) is 5.91 Å². The van der Waals surface area contributed by atoms with Crippen molar-refractivity contribution in [2.24, 2.45) is 11.1 Å². The number of hydrogen-bond acceptors (Lipinski definition) is 3. The lowest BCUT2D eigenvalue weighted by Gasteiger charge is -2.31. The van der Waals surface area contributed by atoms with E-state index in [-0.39, 0.29) is 17.8 Å². The summed E-state index contributed by atoms with van der Waals surface area (Å²) in [6.07, 6.45) is 5.37. The smallest absolute Gasteiger partial charge is 0.230 e. The van der Waals surface area contributed by atoms with Gasteiger partial charge in [-0.05, 0) is 26.3 Å². The van der Waals surface area contributed by atoms with Crippen molar-refractivity contribution in [1.82, 2.24) is 10.2 Å². The van der Waals surface area contributed by atoms with E-state index in [2.05, 4.69) is 5.32 Å². The molecule has 0 aromatic rings. The van der Waals surface area contributed by atoms with Crippen LogP contribution in [-0.2, 0) is 4.79 Å². The lowest BCUT2D eigenvalue weighted by molar-refractivity contribution is -0.140. The van der Waals surface area contributed by atoms with Crippen LogP contribution in [0.4, 0.5) is 0 Å². The highest BCUT2D eigenvalue weighted by Crippen LogP contribution is 2.39. The van der Waals surface area contributed by atoms with Crippen LogP contribution in [0.1, 0.15) is 32.1 Å². The third-order valence-corrected chi connectivity index (χ3v) is 4.29. The van der Waals surface area contributed by atoms with Gasteiger partial charge in [0.05, 0.1) is 5.41 Å². The number of nitrogens with zero attached hydrogens (tertiary/aromatic N) is 1. The predicted molar refractivity (Wildman–Crippen MR) is 71.2 cm³/mol. The number of halogens is 1. The molecule has 1 saturated carbocycles. The summed E-state index contributed by atoms with van der Waals surface area (Å²) < 4.78 is 0. The highest BCUT2D eigenvalue weighted by molar-refractivity contribution is 5.85. The minimum absolute atomic E-state index is 0. The Hall–Kier alpha value is -0.320. The number of rotatable bonds is 3. The fourth-order valence-electron chi connectivity index (χ4n) is 3.07. The van der Waals surface area contributed by atoms with Crippen molar-refractivity contribution >= 4 is 18.3 Å². The Balaban J connectivity index is 0.00000144. The van der Waals surface area contributed by atoms with E-state index in [1.807, 2.05) is 11.9 Å². The number of hydrogen-bond donors (Lipinski definition) is 2. The standard InChI is InChI=1S/C12H23N3O.ClH/c1-14-10-4-7-15(8-10)11(16)12(9-13)5-2-3-6-12;/h10,14H,2-9,13H2,1H3;1H. The maximum atomic E-state index is 12.5. The maximum absolute atomic E-state index is 12.5. The van der Waals surface area contributed by atoms with Crippen molar-refractivity contribution in [3.05, 3.63) is 0 Å². The largest absolute Gasteiger partial charge is 0.341 e. The highest BCUT2D eigenvalue weighted by Gasteiger charge is 2.43. The second kappa shape index (κ2) is 6.03. The van der Waals surface area contributed by atoms with Crippen molar-refractivity contribution in [1.29, 1.82) is 0 Å². The normalized spacial score (nSPS) is 26.9. The lowest BCUT2D eigenvalue weighted by atomic mass is 9.85. The summed E-state index contributed by atoms with van der Waals surface area (Å²) in [6.45, 7) is 2.27. The van der Waals surface area contributed by atoms with Crippen LogP contribution in [0.5, 0.6) is 0 Å². The zero-order valence-corrected chi connectivity index (χ0v) is 11.4. The van der Waals surface area contributed by atoms with Gasteiger partial charge in [-0.2, -0.15) is 0 Å². The van der Waals surface area contributed by atoms with E-state index in [0.717, 1.165) is 45.2 Å². The molecule has 2 rings (SSSR count). The van der Waals surface area contributed by atoms with Gasteiger partial charge in [-0.3, -0.25) is 4.79 Å². The summed E-state index contributed by atoms with van der Waals surface area (Å²) in [5, 5.41) is 3.24. The van der Waals surface area contributed by atoms with Crippen molar-refractivity contribution in [2.75, 3.05) is 26.7 Å². The summed E-state index contributed by atoms with van der Waals surface area (Å²) in [4.78, 5) is 14.5. The molecule has 0 aromatic carbocycles. The molecule has 1 aliphatic carbocycles. The molecule has 4 nitrogen and oxygen atoms in total. The molecule has 17 heavy (non-hydrogen) atoms. The number of amides is 1. The zero-order chi connectivity index (χ0) is 11.6. The molecular weight excluding hydrogens is 238 g/mol. The first-order valence-corrected chi connectivity index (χ1v) is 6.38. The fraction of sp³-hybridized carbons (Fsp3) is 0.917. The van der Waals surface area contributed by atoms with Crippen molar-refractivity contribution in [3.8, 4) is 0 Å². The van der Waals surface area contributed by atoms with Crippen LogP contribution in [-0.4, -0.2) is 43.5 Å². The second-order valence-corrected chi connectivity index (χ2v) is 5.22. The van der Waals surface area contributed by atoms with Gasteiger partial charge in [-0.1, -0.05) is 12.8 Å². The van der Waals surface area contributed by atoms with E-state index < -0.39 is 0 Å². The van der Waals surface area contributed by atoms with Crippen LogP contribution < -0.4 is 11.1 Å². The predicted octanol–water partition coefficient (Wildman–Crippen LogP) is 0.748. The first-order chi connectivity index (χ1) is 7.72.